The summed E-state index contributed by atoms with van der Waals surface area (Å²) in [5.41, 5.74) is 4.82. The maximum absolute atomic E-state index is 10.1. The third-order valence-electron chi connectivity index (χ3n) is 9.52. The third kappa shape index (κ3) is 3.76. The van der Waals surface area contributed by atoms with Crippen LogP contribution in [0, 0.1) is 17.3 Å². The van der Waals surface area contributed by atoms with Gasteiger partial charge in [0.2, 0.25) is 0 Å². The lowest BCUT2D eigenvalue weighted by Crippen LogP contribution is -2.48. The van der Waals surface area contributed by atoms with Crippen LogP contribution in [-0.2, 0) is 4.74 Å². The first-order valence-corrected chi connectivity index (χ1v) is 12.6. The van der Waals surface area contributed by atoms with E-state index in [-0.39, 0.29) is 6.10 Å². The van der Waals surface area contributed by atoms with E-state index in [1.165, 1.54) is 63.5 Å². The fraction of sp³-hybridized carbons (Fsp3) is 0.778. The Balaban J connectivity index is 1.26. The molecule has 1 aliphatic heterocycles. The molecule has 4 saturated carbocycles. The van der Waals surface area contributed by atoms with Crippen LogP contribution in [0.25, 0.3) is 0 Å². The predicted octanol–water partition coefficient (Wildman–Crippen LogP) is 5.41. The molecule has 1 heterocycles. The number of aliphatic hydroxyl groups is 1. The van der Waals surface area contributed by atoms with E-state index < -0.39 is 0 Å². The summed E-state index contributed by atoms with van der Waals surface area (Å²) in [4.78, 5) is 2.77. The molecule has 166 valence electrons. The van der Waals surface area contributed by atoms with Crippen LogP contribution in [0.2, 0.25) is 0 Å². The molecule has 5 aliphatic rings. The van der Waals surface area contributed by atoms with E-state index >= 15 is 0 Å². The fourth-order valence-corrected chi connectivity index (χ4v) is 7.28. The van der Waals surface area contributed by atoms with Crippen molar-refractivity contribution in [2.45, 2.75) is 89.2 Å². The van der Waals surface area contributed by atoms with E-state index in [0.29, 0.717) is 11.0 Å². The summed E-state index contributed by atoms with van der Waals surface area (Å²) in [7, 11) is 0. The van der Waals surface area contributed by atoms with Crippen molar-refractivity contribution in [3.05, 3.63) is 35.5 Å². The molecular formula is C27H41NO2. The zero-order valence-electron chi connectivity index (χ0n) is 19.0. The van der Waals surface area contributed by atoms with Crippen molar-refractivity contribution in [3.8, 4) is 0 Å². The van der Waals surface area contributed by atoms with Crippen LogP contribution < -0.4 is 0 Å². The summed E-state index contributed by atoms with van der Waals surface area (Å²) in [5.74, 6) is 1.62. The minimum Gasteiger partial charge on any atom is -0.388 e. The second-order valence-corrected chi connectivity index (χ2v) is 11.1. The van der Waals surface area contributed by atoms with Gasteiger partial charge in [0, 0.05) is 12.1 Å². The van der Waals surface area contributed by atoms with Gasteiger partial charge in [-0.25, -0.2) is 0 Å². The molecular weight excluding hydrogens is 370 g/mol. The first-order valence-electron chi connectivity index (χ1n) is 12.6. The van der Waals surface area contributed by atoms with Gasteiger partial charge in [0.25, 0.3) is 0 Å². The number of nitrogens with zero attached hydrogens (tertiary/aromatic N) is 1. The number of fused-ring (bicyclic) bond motifs is 1. The van der Waals surface area contributed by atoms with Crippen LogP contribution in [0.4, 0.5) is 0 Å². The Labute approximate surface area is 183 Å². The van der Waals surface area contributed by atoms with Gasteiger partial charge in [-0.05, 0) is 106 Å². The smallest absolute Gasteiger partial charge is 0.0787 e. The van der Waals surface area contributed by atoms with E-state index in [1.807, 2.05) is 0 Å². The normalized spacial score (nSPS) is 41.5. The van der Waals surface area contributed by atoms with Gasteiger partial charge in [-0.1, -0.05) is 31.2 Å². The molecule has 4 atom stereocenters. The number of rotatable bonds is 4. The van der Waals surface area contributed by atoms with Crippen LogP contribution >= 0.6 is 0 Å². The van der Waals surface area contributed by atoms with Crippen molar-refractivity contribution >= 4 is 0 Å². The van der Waals surface area contributed by atoms with Crippen molar-refractivity contribution in [2.75, 3.05) is 26.3 Å². The zero-order valence-corrected chi connectivity index (χ0v) is 19.0. The van der Waals surface area contributed by atoms with Crippen molar-refractivity contribution in [1.82, 2.24) is 4.90 Å². The van der Waals surface area contributed by atoms with Gasteiger partial charge in [0.05, 0.1) is 19.3 Å². The highest BCUT2D eigenvalue weighted by Gasteiger charge is 2.52. The summed E-state index contributed by atoms with van der Waals surface area (Å²) >= 11 is 0. The quantitative estimate of drug-likeness (QED) is 0.671. The SMILES string of the molecule is C=C1/C(=C\C=C2/CCCC3(C)C2CC[C@@H]3CCN2CCOCC23CC3)CCCC1O. The zero-order chi connectivity index (χ0) is 20.8. The topological polar surface area (TPSA) is 32.7 Å². The van der Waals surface area contributed by atoms with Gasteiger partial charge in [0.1, 0.15) is 0 Å². The Bertz CT molecular complexity index is 733. The summed E-state index contributed by atoms with van der Waals surface area (Å²) in [6, 6.07) is 0. The number of allylic oxidation sites excluding steroid dienone is 3. The molecule has 0 aromatic carbocycles. The average molecular weight is 412 g/mol. The van der Waals surface area contributed by atoms with E-state index in [1.54, 1.807) is 5.57 Å². The first-order chi connectivity index (χ1) is 14.5. The Morgan fingerprint density at radius 1 is 1.13 bits per heavy atom. The summed E-state index contributed by atoms with van der Waals surface area (Å²) < 4.78 is 5.78. The minimum atomic E-state index is -0.328. The standard InChI is InChI=1S/C27H41NO2/c1-20-21(5-3-7-25(20)29)8-9-22-6-4-13-26(2)23(10-11-24(22)26)12-16-28-17-18-30-19-27(28)14-15-27/h8-9,23-25,29H,1,3-7,10-19H2,2H3/b21-8-,22-9+/t23-,24?,25?,26?/m1/s1. The van der Waals surface area contributed by atoms with E-state index in [0.717, 1.165) is 56.4 Å². The molecule has 3 nitrogen and oxygen atoms in total. The van der Waals surface area contributed by atoms with Crippen molar-refractivity contribution in [2.24, 2.45) is 17.3 Å². The van der Waals surface area contributed by atoms with Crippen LogP contribution in [-0.4, -0.2) is 48.0 Å². The lowest BCUT2D eigenvalue weighted by Gasteiger charge is -2.44. The number of ether oxygens (including phenoxy) is 1. The highest BCUT2D eigenvalue weighted by atomic mass is 16.5. The molecule has 0 bridgehead atoms. The highest BCUT2D eigenvalue weighted by molar-refractivity contribution is 5.37. The van der Waals surface area contributed by atoms with Gasteiger partial charge in [-0.2, -0.15) is 0 Å². The molecule has 0 aromatic heterocycles. The summed E-state index contributed by atoms with van der Waals surface area (Å²) in [5, 5.41) is 10.1. The van der Waals surface area contributed by atoms with Gasteiger partial charge in [-0.15, -0.1) is 0 Å². The molecule has 5 rings (SSSR count). The van der Waals surface area contributed by atoms with E-state index in [2.05, 4.69) is 30.6 Å². The van der Waals surface area contributed by atoms with Crippen LogP contribution in [0.15, 0.2) is 35.5 Å². The molecule has 0 radical (unpaired) electrons. The maximum Gasteiger partial charge on any atom is 0.0787 e. The molecule has 3 unspecified atom stereocenters. The molecule has 30 heavy (non-hydrogen) atoms. The number of hydrogen-bond acceptors (Lipinski definition) is 3. The van der Waals surface area contributed by atoms with Crippen molar-refractivity contribution in [3.63, 3.8) is 0 Å². The molecule has 4 aliphatic carbocycles. The molecule has 5 fully saturated rings. The average Bonchev–Trinajstić information content (AvgIpc) is 3.42. The maximum atomic E-state index is 10.1. The van der Waals surface area contributed by atoms with Crippen LogP contribution in [0.1, 0.15) is 77.6 Å². The van der Waals surface area contributed by atoms with Gasteiger partial charge < -0.3 is 9.84 Å². The van der Waals surface area contributed by atoms with Crippen molar-refractivity contribution < 1.29 is 9.84 Å². The molecule has 3 heteroatoms. The minimum absolute atomic E-state index is 0.328. The van der Waals surface area contributed by atoms with E-state index in [4.69, 9.17) is 4.74 Å². The van der Waals surface area contributed by atoms with Crippen LogP contribution in [0.3, 0.4) is 0 Å². The Morgan fingerprint density at radius 3 is 2.83 bits per heavy atom. The Hall–Kier alpha value is -0.900. The van der Waals surface area contributed by atoms with Crippen molar-refractivity contribution in [1.29, 1.82) is 0 Å². The second-order valence-electron chi connectivity index (χ2n) is 11.1. The summed E-state index contributed by atoms with van der Waals surface area (Å²) in [6.45, 7) is 11.1. The fourth-order valence-electron chi connectivity index (χ4n) is 7.28. The van der Waals surface area contributed by atoms with Crippen LogP contribution in [0.5, 0.6) is 0 Å². The van der Waals surface area contributed by atoms with Gasteiger partial charge in [-0.3, -0.25) is 4.90 Å². The number of morpholine rings is 1. The number of hydrogen-bond donors (Lipinski definition) is 1. The monoisotopic (exact) mass is 411 g/mol. The van der Waals surface area contributed by atoms with E-state index in [9.17, 15) is 5.11 Å². The molecule has 1 spiro atoms. The van der Waals surface area contributed by atoms with Gasteiger partial charge in [0.15, 0.2) is 0 Å². The molecule has 0 aromatic rings. The first kappa shape index (κ1) is 21.0. The third-order valence-corrected chi connectivity index (χ3v) is 9.52. The number of aliphatic hydroxyl groups excluding tert-OH is 1. The molecule has 0 amide bonds. The predicted molar refractivity (Wildman–Crippen MR) is 122 cm³/mol. The Kier molecular flexibility index (Phi) is 5.75. The second kappa shape index (κ2) is 8.22. The molecule has 1 N–H and O–H groups in total. The lowest BCUT2D eigenvalue weighted by molar-refractivity contribution is -0.0253. The lowest BCUT2D eigenvalue weighted by atomic mass is 9.63. The highest BCUT2D eigenvalue weighted by Crippen LogP contribution is 2.58. The van der Waals surface area contributed by atoms with Gasteiger partial charge >= 0.3 is 0 Å². The summed E-state index contributed by atoms with van der Waals surface area (Å²) in [6.07, 6.45) is 18.3. The molecule has 1 saturated heterocycles. The Morgan fingerprint density at radius 2 is 2.00 bits per heavy atom. The largest absolute Gasteiger partial charge is 0.388 e.